The van der Waals surface area contributed by atoms with Gasteiger partial charge in [0.1, 0.15) is 6.04 Å². The number of alkyl carbamates (subject to hydrolysis) is 1. The number of carbonyl (C=O) groups excluding carboxylic acids is 2. The molecule has 1 aromatic carbocycles. The Hall–Kier alpha value is -2.04. The molecule has 5 nitrogen and oxygen atoms in total. The number of hydrogen-bond acceptors (Lipinski definition) is 4. The highest BCUT2D eigenvalue weighted by molar-refractivity contribution is 5.81. The van der Waals surface area contributed by atoms with Gasteiger partial charge in [-0.1, -0.05) is 57.5 Å². The number of nitrogens with one attached hydrogen (secondary N) is 1. The van der Waals surface area contributed by atoms with Crippen molar-refractivity contribution in [1.82, 2.24) is 5.32 Å². The molecule has 23 heavy (non-hydrogen) atoms. The molecule has 0 saturated heterocycles. The van der Waals surface area contributed by atoms with Gasteiger partial charge >= 0.3 is 12.1 Å². The zero-order valence-corrected chi connectivity index (χ0v) is 14.2. The topological polar surface area (TPSA) is 64.6 Å². The molecule has 5 heteroatoms. The van der Waals surface area contributed by atoms with Crippen LogP contribution in [0.4, 0.5) is 4.79 Å². The zero-order chi connectivity index (χ0) is 17.1. The average Bonchev–Trinajstić information content (AvgIpc) is 2.53. The second-order valence-electron chi connectivity index (χ2n) is 5.90. The Kier molecular flexibility index (Phi) is 8.80. The molecule has 1 rings (SSSR count). The Morgan fingerprint density at radius 1 is 1.13 bits per heavy atom. The third-order valence-electron chi connectivity index (χ3n) is 3.15. The first-order valence-electron chi connectivity index (χ1n) is 8.16. The van der Waals surface area contributed by atoms with Crippen molar-refractivity contribution in [2.75, 3.05) is 13.2 Å². The van der Waals surface area contributed by atoms with Gasteiger partial charge in [-0.05, 0) is 17.9 Å². The summed E-state index contributed by atoms with van der Waals surface area (Å²) in [6.45, 7) is 6.61. The van der Waals surface area contributed by atoms with Gasteiger partial charge in [0.15, 0.2) is 0 Å². The van der Waals surface area contributed by atoms with E-state index in [1.165, 1.54) is 0 Å². The molecule has 1 N–H and O–H groups in total. The van der Waals surface area contributed by atoms with Gasteiger partial charge in [0.05, 0.1) is 13.2 Å². The Morgan fingerprint density at radius 3 is 2.43 bits per heavy atom. The summed E-state index contributed by atoms with van der Waals surface area (Å²) in [5, 5.41) is 2.61. The second-order valence-corrected chi connectivity index (χ2v) is 5.90. The van der Waals surface area contributed by atoms with Gasteiger partial charge in [-0.3, -0.25) is 0 Å². The molecule has 1 atom stereocenters. The van der Waals surface area contributed by atoms with E-state index in [2.05, 4.69) is 5.32 Å². The molecular formula is C18H27NO4. The van der Waals surface area contributed by atoms with Crippen LogP contribution >= 0.6 is 0 Å². The minimum absolute atomic E-state index is 0.241. The zero-order valence-electron chi connectivity index (χ0n) is 14.2. The first-order chi connectivity index (χ1) is 11.0. The molecule has 0 heterocycles. The molecule has 1 aromatic rings. The highest BCUT2D eigenvalue weighted by Gasteiger charge is 2.23. The molecular weight excluding hydrogens is 294 g/mol. The quantitative estimate of drug-likeness (QED) is 0.560. The molecule has 128 valence electrons. The largest absolute Gasteiger partial charge is 0.464 e. The van der Waals surface area contributed by atoms with Gasteiger partial charge < -0.3 is 14.8 Å². The third-order valence-corrected chi connectivity index (χ3v) is 3.15. The number of ether oxygens (including phenoxy) is 2. The molecule has 0 saturated carbocycles. The molecule has 0 spiro atoms. The van der Waals surface area contributed by atoms with Crippen molar-refractivity contribution in [3.8, 4) is 0 Å². The van der Waals surface area contributed by atoms with Crippen molar-refractivity contribution >= 4 is 12.1 Å². The molecule has 0 aliphatic heterocycles. The molecule has 0 aliphatic carbocycles. The van der Waals surface area contributed by atoms with E-state index in [4.69, 9.17) is 9.47 Å². The van der Waals surface area contributed by atoms with Crippen LogP contribution in [0.3, 0.4) is 0 Å². The van der Waals surface area contributed by atoms with Crippen molar-refractivity contribution in [3.63, 3.8) is 0 Å². The van der Waals surface area contributed by atoms with E-state index in [1.807, 2.05) is 51.1 Å². The SMILES string of the molecule is CCCCOC(=O)C(Cc1ccccc1)NC(=O)OCC(C)C. The van der Waals surface area contributed by atoms with E-state index < -0.39 is 18.1 Å². The third kappa shape index (κ3) is 8.24. The van der Waals surface area contributed by atoms with E-state index in [1.54, 1.807) is 0 Å². The number of rotatable bonds is 9. The smallest absolute Gasteiger partial charge is 0.407 e. The van der Waals surface area contributed by atoms with Crippen LogP contribution < -0.4 is 5.32 Å². The maximum absolute atomic E-state index is 12.2. The van der Waals surface area contributed by atoms with E-state index >= 15 is 0 Å². The number of benzene rings is 1. The van der Waals surface area contributed by atoms with Crippen LogP contribution in [-0.2, 0) is 20.7 Å². The Bertz CT molecular complexity index is 473. The lowest BCUT2D eigenvalue weighted by Crippen LogP contribution is -2.44. The van der Waals surface area contributed by atoms with Gasteiger partial charge in [0.2, 0.25) is 0 Å². The highest BCUT2D eigenvalue weighted by atomic mass is 16.6. The Morgan fingerprint density at radius 2 is 1.83 bits per heavy atom. The predicted molar refractivity (Wildman–Crippen MR) is 89.1 cm³/mol. The molecule has 0 aliphatic rings. The van der Waals surface area contributed by atoms with Gasteiger partial charge in [-0.15, -0.1) is 0 Å². The Labute approximate surface area is 138 Å². The fourth-order valence-electron chi connectivity index (χ4n) is 1.89. The van der Waals surface area contributed by atoms with E-state index in [0.717, 1.165) is 18.4 Å². The molecule has 1 unspecified atom stereocenters. The van der Waals surface area contributed by atoms with Crippen LogP contribution in [0.2, 0.25) is 0 Å². The van der Waals surface area contributed by atoms with Crippen LogP contribution in [0.15, 0.2) is 30.3 Å². The molecule has 0 fully saturated rings. The number of amides is 1. The fraction of sp³-hybridized carbons (Fsp3) is 0.556. The monoisotopic (exact) mass is 321 g/mol. The summed E-state index contributed by atoms with van der Waals surface area (Å²) in [7, 11) is 0. The van der Waals surface area contributed by atoms with E-state index in [9.17, 15) is 9.59 Å². The van der Waals surface area contributed by atoms with Crippen molar-refractivity contribution in [2.45, 2.75) is 46.1 Å². The minimum Gasteiger partial charge on any atom is -0.464 e. The highest BCUT2D eigenvalue weighted by Crippen LogP contribution is 2.06. The van der Waals surface area contributed by atoms with Gasteiger partial charge in [-0.2, -0.15) is 0 Å². The molecule has 1 amide bonds. The maximum Gasteiger partial charge on any atom is 0.407 e. The summed E-state index contributed by atoms with van der Waals surface area (Å²) >= 11 is 0. The number of hydrogen-bond donors (Lipinski definition) is 1. The van der Waals surface area contributed by atoms with Crippen LogP contribution in [0, 0.1) is 5.92 Å². The van der Waals surface area contributed by atoms with Gasteiger partial charge in [0, 0.05) is 6.42 Å². The van der Waals surface area contributed by atoms with Gasteiger partial charge in [0.25, 0.3) is 0 Å². The number of esters is 1. The van der Waals surface area contributed by atoms with Crippen molar-refractivity contribution in [2.24, 2.45) is 5.92 Å². The van der Waals surface area contributed by atoms with Gasteiger partial charge in [-0.25, -0.2) is 9.59 Å². The van der Waals surface area contributed by atoms with Crippen LogP contribution in [0.25, 0.3) is 0 Å². The normalized spacial score (nSPS) is 11.8. The van der Waals surface area contributed by atoms with Crippen molar-refractivity contribution in [1.29, 1.82) is 0 Å². The summed E-state index contributed by atoms with van der Waals surface area (Å²) in [6, 6.07) is 8.77. The van der Waals surface area contributed by atoms with E-state index in [-0.39, 0.29) is 5.92 Å². The molecule has 0 bridgehead atoms. The lowest BCUT2D eigenvalue weighted by Gasteiger charge is -2.18. The van der Waals surface area contributed by atoms with Crippen molar-refractivity contribution < 1.29 is 19.1 Å². The minimum atomic E-state index is -0.742. The maximum atomic E-state index is 12.2. The van der Waals surface area contributed by atoms with Crippen LogP contribution in [-0.4, -0.2) is 31.3 Å². The standard InChI is InChI=1S/C18H27NO4/c1-4-5-11-22-17(20)16(12-15-9-7-6-8-10-15)19-18(21)23-13-14(2)3/h6-10,14,16H,4-5,11-13H2,1-3H3,(H,19,21). The summed E-state index contributed by atoms with van der Waals surface area (Å²) in [6.07, 6.45) is 1.54. The molecule has 0 radical (unpaired) electrons. The summed E-state index contributed by atoms with van der Waals surface area (Å²) < 4.78 is 10.3. The summed E-state index contributed by atoms with van der Waals surface area (Å²) in [5.74, 6) is -0.186. The first-order valence-corrected chi connectivity index (χ1v) is 8.16. The lowest BCUT2D eigenvalue weighted by molar-refractivity contribution is -0.146. The molecule has 0 aromatic heterocycles. The fourth-order valence-corrected chi connectivity index (χ4v) is 1.89. The Balaban J connectivity index is 2.63. The van der Waals surface area contributed by atoms with E-state index in [0.29, 0.717) is 19.6 Å². The first kappa shape index (κ1) is 19.0. The summed E-state index contributed by atoms with van der Waals surface area (Å²) in [4.78, 5) is 24.0. The second kappa shape index (κ2) is 10.6. The lowest BCUT2D eigenvalue weighted by atomic mass is 10.1. The number of unbranched alkanes of at least 4 members (excludes halogenated alkanes) is 1. The number of carbonyl (C=O) groups is 2. The predicted octanol–water partition coefficient (Wildman–Crippen LogP) is 3.32. The van der Waals surface area contributed by atoms with Crippen LogP contribution in [0.1, 0.15) is 39.2 Å². The average molecular weight is 321 g/mol. The van der Waals surface area contributed by atoms with Crippen molar-refractivity contribution in [3.05, 3.63) is 35.9 Å². The van der Waals surface area contributed by atoms with Crippen LogP contribution in [0.5, 0.6) is 0 Å². The summed E-state index contributed by atoms with van der Waals surface area (Å²) in [5.41, 5.74) is 0.953.